The van der Waals surface area contributed by atoms with Crippen LogP contribution in [-0.2, 0) is 7.05 Å². The van der Waals surface area contributed by atoms with Crippen LogP contribution in [-0.4, -0.2) is 15.7 Å². The van der Waals surface area contributed by atoms with E-state index in [1.54, 1.807) is 36.3 Å². The summed E-state index contributed by atoms with van der Waals surface area (Å²) in [6, 6.07) is 3.52. The monoisotopic (exact) mass is 308 g/mol. The molecule has 1 aromatic carbocycles. The van der Waals surface area contributed by atoms with Crippen molar-refractivity contribution in [3.63, 3.8) is 0 Å². The zero-order valence-electron chi connectivity index (χ0n) is 10.1. The molecule has 0 bridgehead atoms. The number of hydrogen-bond acceptors (Lipinski definition) is 3. The highest BCUT2D eigenvalue weighted by molar-refractivity contribution is 9.10. The van der Waals surface area contributed by atoms with Crippen LogP contribution in [0.2, 0.25) is 0 Å². The second-order valence-electron chi connectivity index (χ2n) is 4.02. The zero-order chi connectivity index (χ0) is 13.3. The van der Waals surface area contributed by atoms with Gasteiger partial charge < -0.3 is 11.1 Å². The van der Waals surface area contributed by atoms with E-state index in [1.165, 1.54) is 0 Å². The average molecular weight is 309 g/mol. The molecule has 0 unspecified atom stereocenters. The predicted molar refractivity (Wildman–Crippen MR) is 74.5 cm³/mol. The Morgan fingerprint density at radius 3 is 2.83 bits per heavy atom. The van der Waals surface area contributed by atoms with Crippen LogP contribution in [0.1, 0.15) is 15.9 Å². The summed E-state index contributed by atoms with van der Waals surface area (Å²) in [5.41, 5.74) is 8.38. The molecule has 3 N–H and O–H groups in total. The van der Waals surface area contributed by atoms with Crippen LogP contribution in [0.15, 0.2) is 29.0 Å². The third-order valence-corrected chi connectivity index (χ3v) is 3.08. The Morgan fingerprint density at radius 2 is 2.22 bits per heavy atom. The van der Waals surface area contributed by atoms with E-state index in [2.05, 4.69) is 26.3 Å². The molecule has 0 aliphatic heterocycles. The summed E-state index contributed by atoms with van der Waals surface area (Å²) in [6.45, 7) is 1.82. The van der Waals surface area contributed by atoms with Gasteiger partial charge in [-0.2, -0.15) is 5.10 Å². The fraction of sp³-hybridized carbons (Fsp3) is 0.167. The minimum atomic E-state index is -0.200. The molecule has 0 atom stereocenters. The van der Waals surface area contributed by atoms with Gasteiger partial charge in [0, 0.05) is 29.0 Å². The maximum atomic E-state index is 12.1. The van der Waals surface area contributed by atoms with Gasteiger partial charge in [0.25, 0.3) is 5.91 Å². The van der Waals surface area contributed by atoms with Crippen LogP contribution in [0.25, 0.3) is 0 Å². The number of rotatable bonds is 2. The molecule has 2 rings (SSSR count). The molecule has 1 heterocycles. The second-order valence-corrected chi connectivity index (χ2v) is 4.94. The first-order valence-electron chi connectivity index (χ1n) is 5.33. The number of hydrogen-bond donors (Lipinski definition) is 2. The normalized spacial score (nSPS) is 10.4. The van der Waals surface area contributed by atoms with Crippen molar-refractivity contribution in [2.75, 3.05) is 11.1 Å². The molecular formula is C12H13BrN4O. The smallest absolute Gasteiger partial charge is 0.256 e. The SMILES string of the molecule is Cc1c(N)cc(Br)cc1C(=O)Nc1cnn(C)c1. The number of aryl methyl sites for hydroxylation is 1. The Balaban J connectivity index is 2.29. The van der Waals surface area contributed by atoms with Crippen molar-refractivity contribution >= 4 is 33.2 Å². The zero-order valence-corrected chi connectivity index (χ0v) is 11.7. The van der Waals surface area contributed by atoms with Crippen LogP contribution in [0.3, 0.4) is 0 Å². The number of nitrogens with two attached hydrogens (primary N) is 1. The van der Waals surface area contributed by atoms with E-state index in [4.69, 9.17) is 5.73 Å². The molecule has 94 valence electrons. The van der Waals surface area contributed by atoms with Crippen LogP contribution < -0.4 is 11.1 Å². The van der Waals surface area contributed by atoms with E-state index in [-0.39, 0.29) is 5.91 Å². The Bertz CT molecular complexity index is 606. The summed E-state index contributed by atoms with van der Waals surface area (Å²) in [7, 11) is 1.79. The molecule has 0 aliphatic carbocycles. The van der Waals surface area contributed by atoms with E-state index >= 15 is 0 Å². The van der Waals surface area contributed by atoms with Crippen molar-refractivity contribution in [2.24, 2.45) is 7.05 Å². The summed E-state index contributed by atoms with van der Waals surface area (Å²) in [4.78, 5) is 12.1. The number of amides is 1. The highest BCUT2D eigenvalue weighted by Gasteiger charge is 2.13. The van der Waals surface area contributed by atoms with Gasteiger partial charge in [0.05, 0.1) is 11.9 Å². The Labute approximate surface area is 113 Å². The van der Waals surface area contributed by atoms with Crippen LogP contribution in [0.5, 0.6) is 0 Å². The molecule has 0 fully saturated rings. The topological polar surface area (TPSA) is 72.9 Å². The molecule has 0 saturated heterocycles. The molecule has 0 aliphatic rings. The lowest BCUT2D eigenvalue weighted by molar-refractivity contribution is 0.102. The molecule has 18 heavy (non-hydrogen) atoms. The summed E-state index contributed by atoms with van der Waals surface area (Å²) in [6.07, 6.45) is 3.32. The van der Waals surface area contributed by atoms with E-state index in [9.17, 15) is 4.79 Å². The number of nitrogens with zero attached hydrogens (tertiary/aromatic N) is 2. The first kappa shape index (κ1) is 12.6. The summed E-state index contributed by atoms with van der Waals surface area (Å²) in [5.74, 6) is -0.200. The van der Waals surface area contributed by atoms with Gasteiger partial charge in [0.1, 0.15) is 0 Å². The lowest BCUT2D eigenvalue weighted by Gasteiger charge is -2.09. The maximum absolute atomic E-state index is 12.1. The van der Waals surface area contributed by atoms with Gasteiger partial charge in [0.15, 0.2) is 0 Å². The van der Waals surface area contributed by atoms with Crippen LogP contribution in [0, 0.1) is 6.92 Å². The van der Waals surface area contributed by atoms with Crippen molar-refractivity contribution in [2.45, 2.75) is 6.92 Å². The standard InChI is InChI=1S/C12H13BrN4O/c1-7-10(3-8(13)4-11(7)14)12(18)16-9-5-15-17(2)6-9/h3-6H,14H2,1-2H3,(H,16,18). The molecule has 0 spiro atoms. The molecule has 1 amide bonds. The Hall–Kier alpha value is -1.82. The van der Waals surface area contributed by atoms with E-state index < -0.39 is 0 Å². The van der Waals surface area contributed by atoms with Crippen molar-refractivity contribution in [3.05, 3.63) is 40.1 Å². The lowest BCUT2D eigenvalue weighted by Crippen LogP contribution is -2.14. The van der Waals surface area contributed by atoms with Crippen LogP contribution in [0.4, 0.5) is 11.4 Å². The van der Waals surface area contributed by atoms with Gasteiger partial charge in [-0.25, -0.2) is 0 Å². The number of carbonyl (C=O) groups is 1. The molecule has 0 radical (unpaired) electrons. The van der Waals surface area contributed by atoms with Crippen molar-refractivity contribution in [1.29, 1.82) is 0 Å². The minimum absolute atomic E-state index is 0.200. The fourth-order valence-electron chi connectivity index (χ4n) is 1.62. The van der Waals surface area contributed by atoms with Gasteiger partial charge >= 0.3 is 0 Å². The molecular weight excluding hydrogens is 296 g/mol. The highest BCUT2D eigenvalue weighted by atomic mass is 79.9. The average Bonchev–Trinajstić information content (AvgIpc) is 2.69. The van der Waals surface area contributed by atoms with Gasteiger partial charge in [-0.15, -0.1) is 0 Å². The maximum Gasteiger partial charge on any atom is 0.256 e. The van der Waals surface area contributed by atoms with E-state index in [1.807, 2.05) is 6.92 Å². The fourth-order valence-corrected chi connectivity index (χ4v) is 2.10. The Kier molecular flexibility index (Phi) is 3.38. The van der Waals surface area contributed by atoms with Crippen molar-refractivity contribution < 1.29 is 4.79 Å². The molecule has 0 saturated carbocycles. The summed E-state index contributed by atoms with van der Waals surface area (Å²) >= 11 is 3.33. The van der Waals surface area contributed by atoms with E-state index in [0.29, 0.717) is 16.9 Å². The van der Waals surface area contributed by atoms with Gasteiger partial charge in [-0.3, -0.25) is 9.48 Å². The lowest BCUT2D eigenvalue weighted by atomic mass is 10.1. The first-order valence-corrected chi connectivity index (χ1v) is 6.12. The molecule has 1 aromatic heterocycles. The summed E-state index contributed by atoms with van der Waals surface area (Å²) in [5, 5.41) is 6.76. The molecule has 5 nitrogen and oxygen atoms in total. The number of nitrogen functional groups attached to an aromatic ring is 1. The van der Waals surface area contributed by atoms with Gasteiger partial charge in [-0.05, 0) is 24.6 Å². The third kappa shape index (κ3) is 2.53. The number of carbonyl (C=O) groups excluding carboxylic acids is 1. The molecule has 2 aromatic rings. The highest BCUT2D eigenvalue weighted by Crippen LogP contribution is 2.23. The van der Waals surface area contributed by atoms with Crippen molar-refractivity contribution in [3.8, 4) is 0 Å². The number of aromatic nitrogens is 2. The number of halogens is 1. The van der Waals surface area contributed by atoms with E-state index in [0.717, 1.165) is 10.0 Å². The second kappa shape index (κ2) is 4.81. The number of anilines is 2. The quantitative estimate of drug-likeness (QED) is 0.836. The van der Waals surface area contributed by atoms with Crippen LogP contribution >= 0.6 is 15.9 Å². The number of nitrogens with one attached hydrogen (secondary N) is 1. The van der Waals surface area contributed by atoms with Gasteiger partial charge in [-0.1, -0.05) is 15.9 Å². The minimum Gasteiger partial charge on any atom is -0.398 e. The Morgan fingerprint density at radius 1 is 1.50 bits per heavy atom. The first-order chi connectivity index (χ1) is 8.47. The summed E-state index contributed by atoms with van der Waals surface area (Å²) < 4.78 is 2.40. The predicted octanol–water partition coefficient (Wildman–Crippen LogP) is 2.33. The largest absolute Gasteiger partial charge is 0.398 e. The molecule has 6 heteroatoms. The number of benzene rings is 1. The van der Waals surface area contributed by atoms with Gasteiger partial charge in [0.2, 0.25) is 0 Å². The third-order valence-electron chi connectivity index (χ3n) is 2.62. The van der Waals surface area contributed by atoms with Crippen molar-refractivity contribution in [1.82, 2.24) is 9.78 Å².